The minimum atomic E-state index is -0.144. The maximum atomic E-state index is 12.7. The largest absolute Gasteiger partial charge is 0.494 e. The molecule has 138 valence electrons. The molecule has 1 aliphatic heterocycles. The third-order valence-corrected chi connectivity index (χ3v) is 4.79. The van der Waals surface area contributed by atoms with Crippen LogP contribution in [0, 0.1) is 0 Å². The first-order valence-electron chi connectivity index (χ1n) is 9.44. The van der Waals surface area contributed by atoms with Crippen LogP contribution in [0.1, 0.15) is 35.9 Å². The summed E-state index contributed by atoms with van der Waals surface area (Å²) in [7, 11) is 0. The molecule has 0 saturated heterocycles. The predicted molar refractivity (Wildman–Crippen MR) is 106 cm³/mol. The van der Waals surface area contributed by atoms with E-state index in [0.29, 0.717) is 12.2 Å². The van der Waals surface area contributed by atoms with Gasteiger partial charge in [0.05, 0.1) is 18.0 Å². The first-order valence-corrected chi connectivity index (χ1v) is 9.44. The summed E-state index contributed by atoms with van der Waals surface area (Å²) in [6, 6.07) is 15.0. The normalized spacial score (nSPS) is 13.1. The van der Waals surface area contributed by atoms with Crippen molar-refractivity contribution < 1.29 is 9.53 Å². The maximum absolute atomic E-state index is 12.7. The number of hydrogen-bond acceptors (Lipinski definition) is 3. The van der Waals surface area contributed by atoms with Gasteiger partial charge in [-0.25, -0.2) is 4.98 Å². The van der Waals surface area contributed by atoms with Gasteiger partial charge < -0.3 is 14.6 Å². The van der Waals surface area contributed by atoms with Gasteiger partial charge in [-0.1, -0.05) is 18.2 Å². The van der Waals surface area contributed by atoms with E-state index in [9.17, 15) is 4.79 Å². The van der Waals surface area contributed by atoms with Crippen LogP contribution in [0.3, 0.4) is 0 Å². The Kier molecular flexibility index (Phi) is 4.92. The number of carbonyl (C=O) groups excluding carboxylic acids is 1. The lowest BCUT2D eigenvalue weighted by Crippen LogP contribution is -2.12. The number of carbonyl (C=O) groups is 1. The van der Waals surface area contributed by atoms with Crippen molar-refractivity contribution in [3.8, 4) is 17.0 Å². The molecule has 0 bridgehead atoms. The van der Waals surface area contributed by atoms with Crippen LogP contribution in [0.4, 0.5) is 5.69 Å². The van der Waals surface area contributed by atoms with Crippen LogP contribution in [-0.2, 0) is 13.0 Å². The Morgan fingerprint density at radius 3 is 2.74 bits per heavy atom. The van der Waals surface area contributed by atoms with Gasteiger partial charge in [-0.15, -0.1) is 0 Å². The fraction of sp³-hybridized carbons (Fsp3) is 0.273. The molecule has 4 rings (SSSR count). The fourth-order valence-corrected chi connectivity index (χ4v) is 3.42. The molecule has 5 heteroatoms. The SMILES string of the molecule is CCOc1ccc(C(=O)Nc2ccccc2-c2cn3c(n2)CCCC3)cc1. The van der Waals surface area contributed by atoms with Crippen LogP contribution in [0.25, 0.3) is 11.3 Å². The molecule has 27 heavy (non-hydrogen) atoms. The lowest BCUT2D eigenvalue weighted by molar-refractivity contribution is 0.102. The number of rotatable bonds is 5. The lowest BCUT2D eigenvalue weighted by Gasteiger charge is -2.11. The molecule has 0 atom stereocenters. The third-order valence-electron chi connectivity index (χ3n) is 4.79. The van der Waals surface area contributed by atoms with Gasteiger partial charge >= 0.3 is 0 Å². The van der Waals surface area contributed by atoms with Gasteiger partial charge in [-0.05, 0) is 50.1 Å². The first kappa shape index (κ1) is 17.3. The minimum Gasteiger partial charge on any atom is -0.494 e. The van der Waals surface area contributed by atoms with E-state index in [1.54, 1.807) is 12.1 Å². The average Bonchev–Trinajstić information content (AvgIpc) is 3.13. The number of nitrogens with zero attached hydrogens (tertiary/aromatic N) is 2. The molecule has 0 fully saturated rings. The van der Waals surface area contributed by atoms with E-state index in [1.807, 2.05) is 43.3 Å². The molecule has 0 spiro atoms. The quantitative estimate of drug-likeness (QED) is 0.726. The zero-order valence-electron chi connectivity index (χ0n) is 15.4. The smallest absolute Gasteiger partial charge is 0.255 e. The summed E-state index contributed by atoms with van der Waals surface area (Å²) >= 11 is 0. The Morgan fingerprint density at radius 2 is 1.96 bits per heavy atom. The highest BCUT2D eigenvalue weighted by atomic mass is 16.5. The van der Waals surface area contributed by atoms with Crippen molar-refractivity contribution in [3.05, 3.63) is 66.1 Å². The molecular formula is C22H23N3O2. The van der Waals surface area contributed by atoms with E-state index < -0.39 is 0 Å². The first-order chi connectivity index (χ1) is 13.2. The Morgan fingerprint density at radius 1 is 1.15 bits per heavy atom. The van der Waals surface area contributed by atoms with E-state index in [1.165, 1.54) is 12.8 Å². The van der Waals surface area contributed by atoms with Crippen LogP contribution in [0.15, 0.2) is 54.7 Å². The molecule has 0 saturated carbocycles. The standard InChI is InChI=1S/C22H23N3O2/c1-2-27-17-12-10-16(11-13-17)22(26)24-19-8-4-3-7-18(19)20-15-25-14-6-5-9-21(25)23-20/h3-4,7-8,10-13,15H,2,5-6,9,14H2,1H3,(H,24,26). The monoisotopic (exact) mass is 361 g/mol. The maximum Gasteiger partial charge on any atom is 0.255 e. The summed E-state index contributed by atoms with van der Waals surface area (Å²) in [5, 5.41) is 3.03. The Labute approximate surface area is 159 Å². The number of aromatic nitrogens is 2. The molecule has 2 aromatic carbocycles. The van der Waals surface area contributed by atoms with E-state index in [2.05, 4.69) is 16.1 Å². The number of benzene rings is 2. The Balaban J connectivity index is 1.57. The molecule has 2 heterocycles. The van der Waals surface area contributed by atoms with Gasteiger partial charge in [-0.3, -0.25) is 4.79 Å². The second-order valence-corrected chi connectivity index (χ2v) is 6.65. The molecule has 5 nitrogen and oxygen atoms in total. The van der Waals surface area contributed by atoms with Gasteiger partial charge in [0.1, 0.15) is 11.6 Å². The van der Waals surface area contributed by atoms with Crippen molar-refractivity contribution >= 4 is 11.6 Å². The summed E-state index contributed by atoms with van der Waals surface area (Å²) in [5.74, 6) is 1.75. The molecule has 0 aliphatic carbocycles. The van der Waals surface area contributed by atoms with Crippen LogP contribution in [-0.4, -0.2) is 22.1 Å². The number of hydrogen-bond donors (Lipinski definition) is 1. The second-order valence-electron chi connectivity index (χ2n) is 6.65. The van der Waals surface area contributed by atoms with Crippen molar-refractivity contribution in [2.45, 2.75) is 32.7 Å². The van der Waals surface area contributed by atoms with Crippen molar-refractivity contribution in [3.63, 3.8) is 0 Å². The summed E-state index contributed by atoms with van der Waals surface area (Å²) in [4.78, 5) is 17.5. The van der Waals surface area contributed by atoms with Gasteiger partial charge in [0.25, 0.3) is 5.91 Å². The van der Waals surface area contributed by atoms with E-state index in [0.717, 1.165) is 41.5 Å². The van der Waals surface area contributed by atoms with E-state index in [4.69, 9.17) is 9.72 Å². The molecular weight excluding hydrogens is 338 g/mol. The van der Waals surface area contributed by atoms with Gasteiger partial charge in [0.2, 0.25) is 0 Å². The molecule has 0 unspecified atom stereocenters. The third kappa shape index (κ3) is 3.72. The highest BCUT2D eigenvalue weighted by molar-refractivity contribution is 6.06. The molecule has 0 radical (unpaired) electrons. The molecule has 1 amide bonds. The zero-order valence-corrected chi connectivity index (χ0v) is 15.4. The summed E-state index contributed by atoms with van der Waals surface area (Å²) in [6.07, 6.45) is 5.49. The van der Waals surface area contributed by atoms with Crippen molar-refractivity contribution in [2.75, 3.05) is 11.9 Å². The van der Waals surface area contributed by atoms with Crippen molar-refractivity contribution in [1.29, 1.82) is 0 Å². The zero-order chi connectivity index (χ0) is 18.6. The van der Waals surface area contributed by atoms with Gasteiger partial charge in [-0.2, -0.15) is 0 Å². The van der Waals surface area contributed by atoms with E-state index >= 15 is 0 Å². The number of ether oxygens (including phenoxy) is 1. The predicted octanol–water partition coefficient (Wildman–Crippen LogP) is 4.54. The summed E-state index contributed by atoms with van der Waals surface area (Å²) in [5.41, 5.74) is 3.22. The van der Waals surface area contributed by atoms with Crippen LogP contribution >= 0.6 is 0 Å². The lowest BCUT2D eigenvalue weighted by atomic mass is 10.1. The summed E-state index contributed by atoms with van der Waals surface area (Å²) < 4.78 is 7.66. The topological polar surface area (TPSA) is 56.1 Å². The number of aryl methyl sites for hydroxylation is 2. The number of para-hydroxylation sites is 1. The number of nitrogens with one attached hydrogen (secondary N) is 1. The van der Waals surface area contributed by atoms with Crippen LogP contribution < -0.4 is 10.1 Å². The molecule has 1 N–H and O–H groups in total. The average molecular weight is 361 g/mol. The number of amides is 1. The molecule has 3 aromatic rings. The van der Waals surface area contributed by atoms with Crippen LogP contribution in [0.5, 0.6) is 5.75 Å². The van der Waals surface area contributed by atoms with Crippen molar-refractivity contribution in [2.24, 2.45) is 0 Å². The summed E-state index contributed by atoms with van der Waals surface area (Å²) in [6.45, 7) is 3.56. The number of fused-ring (bicyclic) bond motifs is 1. The van der Waals surface area contributed by atoms with Gasteiger partial charge in [0.15, 0.2) is 0 Å². The second kappa shape index (κ2) is 7.66. The van der Waals surface area contributed by atoms with E-state index in [-0.39, 0.29) is 5.91 Å². The molecule has 1 aliphatic rings. The molecule has 1 aromatic heterocycles. The minimum absolute atomic E-state index is 0.144. The Bertz CT molecular complexity index is 921. The fourth-order valence-electron chi connectivity index (χ4n) is 3.42. The van der Waals surface area contributed by atoms with Crippen molar-refractivity contribution in [1.82, 2.24) is 9.55 Å². The Hall–Kier alpha value is -3.08. The highest BCUT2D eigenvalue weighted by Gasteiger charge is 2.16. The number of imidazole rings is 1. The van der Waals surface area contributed by atoms with Crippen LogP contribution in [0.2, 0.25) is 0 Å². The highest BCUT2D eigenvalue weighted by Crippen LogP contribution is 2.29. The van der Waals surface area contributed by atoms with Gasteiger partial charge in [0, 0.05) is 30.3 Å². The number of anilines is 1.